The van der Waals surface area contributed by atoms with Gasteiger partial charge in [-0.25, -0.2) is 9.79 Å². The average Bonchev–Trinajstić information content (AvgIpc) is 3.40. The van der Waals surface area contributed by atoms with Crippen molar-refractivity contribution in [2.45, 2.75) is 6.54 Å². The minimum Gasteiger partial charge on any atom is -0.478 e. The first-order valence-electron chi connectivity index (χ1n) is 10.2. The number of carbonyl (C=O) groups is 2. The topological polar surface area (TPSA) is 88.4 Å². The Morgan fingerprint density at radius 2 is 1.79 bits per heavy atom. The molecule has 0 atom stereocenters. The van der Waals surface area contributed by atoms with Gasteiger partial charge in [0, 0.05) is 6.07 Å². The normalized spacial score (nSPS) is 17.1. The number of hydrogen-bond acceptors (Lipinski definition) is 6. The predicted molar refractivity (Wildman–Crippen MR) is 131 cm³/mol. The number of aromatic carboxylic acids is 1. The van der Waals surface area contributed by atoms with E-state index in [1.165, 1.54) is 23.9 Å². The number of halogens is 1. The smallest absolute Gasteiger partial charge is 0.335 e. The molecule has 34 heavy (non-hydrogen) atoms. The molecule has 7 nitrogen and oxygen atoms in total. The van der Waals surface area contributed by atoms with E-state index in [4.69, 9.17) is 26.2 Å². The zero-order valence-corrected chi connectivity index (χ0v) is 19.2. The number of benzene rings is 3. The van der Waals surface area contributed by atoms with Crippen LogP contribution in [0.25, 0.3) is 6.08 Å². The van der Waals surface area contributed by atoms with Crippen molar-refractivity contribution in [2.75, 3.05) is 6.79 Å². The summed E-state index contributed by atoms with van der Waals surface area (Å²) in [6.45, 7) is 0.366. The van der Waals surface area contributed by atoms with Crippen LogP contribution >= 0.6 is 23.4 Å². The molecule has 1 N–H and O–H groups in total. The van der Waals surface area contributed by atoms with Gasteiger partial charge in [-0.15, -0.1) is 0 Å². The third kappa shape index (κ3) is 4.50. The number of thioether (sulfide) groups is 1. The molecule has 9 heteroatoms. The highest BCUT2D eigenvalue weighted by Gasteiger charge is 2.34. The summed E-state index contributed by atoms with van der Waals surface area (Å²) in [5.74, 6) is -0.0946. The summed E-state index contributed by atoms with van der Waals surface area (Å²) in [4.78, 5) is 31.3. The molecule has 1 amide bonds. The zero-order valence-electron chi connectivity index (χ0n) is 17.6. The maximum atomic E-state index is 13.4. The number of rotatable bonds is 5. The highest BCUT2D eigenvalue weighted by molar-refractivity contribution is 8.18. The lowest BCUT2D eigenvalue weighted by Gasteiger charge is -2.16. The van der Waals surface area contributed by atoms with Gasteiger partial charge in [0.1, 0.15) is 0 Å². The van der Waals surface area contributed by atoms with Crippen LogP contribution in [0.3, 0.4) is 0 Å². The average molecular weight is 493 g/mol. The van der Waals surface area contributed by atoms with Gasteiger partial charge in [-0.2, -0.15) is 0 Å². The molecule has 0 aliphatic carbocycles. The van der Waals surface area contributed by atoms with E-state index in [9.17, 15) is 9.59 Å². The minimum absolute atomic E-state index is 0.127. The third-order valence-corrected chi connectivity index (χ3v) is 6.52. The molecule has 170 valence electrons. The second kappa shape index (κ2) is 9.24. The largest absolute Gasteiger partial charge is 0.478 e. The van der Waals surface area contributed by atoms with Crippen LogP contribution in [0.15, 0.2) is 76.6 Å². The molecule has 1 fully saturated rings. The monoisotopic (exact) mass is 492 g/mol. The van der Waals surface area contributed by atoms with Crippen molar-refractivity contribution < 1.29 is 24.2 Å². The molecule has 3 aromatic carbocycles. The molecule has 2 aliphatic heterocycles. The molecular weight excluding hydrogens is 476 g/mol. The van der Waals surface area contributed by atoms with Crippen molar-refractivity contribution in [1.29, 1.82) is 0 Å². The van der Waals surface area contributed by atoms with Crippen LogP contribution < -0.4 is 9.47 Å². The van der Waals surface area contributed by atoms with Gasteiger partial charge >= 0.3 is 5.97 Å². The molecule has 2 aliphatic rings. The van der Waals surface area contributed by atoms with Gasteiger partial charge in [-0.3, -0.25) is 9.69 Å². The van der Waals surface area contributed by atoms with E-state index >= 15 is 0 Å². The molecular formula is C25H17ClN2O5S. The second-order valence-corrected chi connectivity index (χ2v) is 8.88. The maximum absolute atomic E-state index is 13.4. The van der Waals surface area contributed by atoms with Crippen molar-refractivity contribution in [3.63, 3.8) is 0 Å². The van der Waals surface area contributed by atoms with Gasteiger partial charge in [0.05, 0.1) is 27.7 Å². The summed E-state index contributed by atoms with van der Waals surface area (Å²) in [6, 6.07) is 19.2. The molecule has 2 heterocycles. The minimum atomic E-state index is -1.00. The molecule has 3 aromatic rings. The van der Waals surface area contributed by atoms with Crippen LogP contribution in [0.1, 0.15) is 21.5 Å². The van der Waals surface area contributed by atoms with Crippen LogP contribution in [0, 0.1) is 0 Å². The first-order chi connectivity index (χ1) is 16.5. The fourth-order valence-corrected chi connectivity index (χ4v) is 4.66. The number of amides is 1. The van der Waals surface area contributed by atoms with Crippen LogP contribution in [0.5, 0.6) is 11.5 Å². The second-order valence-electron chi connectivity index (χ2n) is 7.46. The van der Waals surface area contributed by atoms with Gasteiger partial charge in [0.25, 0.3) is 5.91 Å². The quantitative estimate of drug-likeness (QED) is 0.468. The Bertz CT molecular complexity index is 1340. The van der Waals surface area contributed by atoms with E-state index in [-0.39, 0.29) is 24.8 Å². The summed E-state index contributed by atoms with van der Waals surface area (Å²) in [5, 5.41) is 10.1. The Balaban J connectivity index is 1.49. The summed E-state index contributed by atoms with van der Waals surface area (Å²) in [6.07, 6.45) is 1.71. The fraction of sp³-hybridized carbons (Fsp3) is 0.0800. The molecule has 0 radical (unpaired) electrons. The number of ether oxygens (including phenoxy) is 2. The van der Waals surface area contributed by atoms with Crippen molar-refractivity contribution in [2.24, 2.45) is 4.99 Å². The lowest BCUT2D eigenvalue weighted by Crippen LogP contribution is -2.28. The first kappa shape index (κ1) is 22.1. The van der Waals surface area contributed by atoms with Crippen molar-refractivity contribution in [3.8, 4) is 11.5 Å². The van der Waals surface area contributed by atoms with E-state index in [0.29, 0.717) is 37.8 Å². The van der Waals surface area contributed by atoms with E-state index in [2.05, 4.69) is 4.99 Å². The number of carboxylic acid groups (broad SMARTS) is 1. The first-order valence-corrected chi connectivity index (χ1v) is 11.4. The van der Waals surface area contributed by atoms with Crippen LogP contribution in [-0.4, -0.2) is 33.8 Å². The third-order valence-electron chi connectivity index (χ3n) is 5.19. The van der Waals surface area contributed by atoms with Gasteiger partial charge in [0.2, 0.25) is 6.79 Å². The highest BCUT2D eigenvalue weighted by Crippen LogP contribution is 2.40. The highest BCUT2D eigenvalue weighted by atomic mass is 35.5. The lowest BCUT2D eigenvalue weighted by atomic mass is 10.1. The Morgan fingerprint density at radius 3 is 2.50 bits per heavy atom. The van der Waals surface area contributed by atoms with Gasteiger partial charge < -0.3 is 14.6 Å². The summed E-state index contributed by atoms with van der Waals surface area (Å²) >= 11 is 7.66. The van der Waals surface area contributed by atoms with Gasteiger partial charge in [0.15, 0.2) is 16.7 Å². The Morgan fingerprint density at radius 1 is 1.09 bits per heavy atom. The molecule has 1 saturated heterocycles. The summed E-state index contributed by atoms with van der Waals surface area (Å²) < 4.78 is 10.8. The van der Waals surface area contributed by atoms with E-state index in [1.54, 1.807) is 35.2 Å². The van der Waals surface area contributed by atoms with Crippen molar-refractivity contribution in [3.05, 3.63) is 93.3 Å². The van der Waals surface area contributed by atoms with Crippen LogP contribution in [0.2, 0.25) is 5.02 Å². The van der Waals surface area contributed by atoms with E-state index < -0.39 is 5.97 Å². The van der Waals surface area contributed by atoms with Gasteiger partial charge in [-0.05, 0) is 59.3 Å². The maximum Gasteiger partial charge on any atom is 0.335 e. The lowest BCUT2D eigenvalue weighted by molar-refractivity contribution is -0.122. The SMILES string of the molecule is O=C(O)c1ccc(CN2C(=O)/C(=C/c3cc4c(cc3Cl)OCO4)SC2=Nc2ccccc2)cc1. The fourth-order valence-electron chi connectivity index (χ4n) is 3.46. The summed E-state index contributed by atoms with van der Waals surface area (Å²) in [7, 11) is 0. The van der Waals surface area contributed by atoms with Crippen molar-refractivity contribution in [1.82, 2.24) is 4.90 Å². The Labute approximate surface area is 204 Å². The molecule has 5 rings (SSSR count). The van der Waals surface area contributed by atoms with Crippen LogP contribution in [0.4, 0.5) is 5.69 Å². The Hall–Kier alpha value is -3.75. The number of carboxylic acids is 1. The molecule has 0 unspecified atom stereocenters. The molecule has 0 aromatic heterocycles. The molecule has 0 spiro atoms. The molecule has 0 bridgehead atoms. The number of carbonyl (C=O) groups excluding carboxylic acids is 1. The Kier molecular flexibility index (Phi) is 6.00. The number of hydrogen-bond donors (Lipinski definition) is 1. The van der Waals surface area contributed by atoms with Gasteiger partial charge in [-0.1, -0.05) is 41.9 Å². The number of nitrogens with zero attached hydrogens (tertiary/aromatic N) is 2. The number of aliphatic imine (C=N–C) groups is 1. The zero-order chi connectivity index (χ0) is 23.7. The standard InChI is InChI=1S/C25H17ClN2O5S/c26-19-12-21-20(32-14-33-21)10-17(19)11-22-23(29)28(13-15-6-8-16(9-7-15)24(30)31)25(34-22)27-18-4-2-1-3-5-18/h1-12H,13-14H2,(H,30,31)/b22-11-,27-25?. The number of para-hydroxylation sites is 1. The predicted octanol–water partition coefficient (Wildman–Crippen LogP) is 5.57. The number of amidine groups is 1. The van der Waals surface area contributed by atoms with E-state index in [0.717, 1.165) is 5.56 Å². The van der Waals surface area contributed by atoms with E-state index in [1.807, 2.05) is 30.3 Å². The van der Waals surface area contributed by atoms with Crippen LogP contribution in [-0.2, 0) is 11.3 Å². The summed E-state index contributed by atoms with van der Waals surface area (Å²) in [5.41, 5.74) is 2.31. The van der Waals surface area contributed by atoms with Crippen molar-refractivity contribution >= 4 is 52.2 Å². The molecule has 0 saturated carbocycles. The number of fused-ring (bicyclic) bond motifs is 1.